The van der Waals surface area contributed by atoms with E-state index in [4.69, 9.17) is 22.1 Å². The quantitative estimate of drug-likeness (QED) is 0.0474. The molecule has 9 nitrogen and oxygen atoms in total. The molecule has 0 spiro atoms. The van der Waals surface area contributed by atoms with Gasteiger partial charge in [0.15, 0.2) is 5.82 Å². The molecule has 1 saturated heterocycles. The summed E-state index contributed by atoms with van der Waals surface area (Å²) in [7, 11) is 1.95. The summed E-state index contributed by atoms with van der Waals surface area (Å²) in [5, 5.41) is 10.0. The van der Waals surface area contributed by atoms with Gasteiger partial charge < -0.3 is 26.4 Å². The Morgan fingerprint density at radius 1 is 0.898 bits per heavy atom. The summed E-state index contributed by atoms with van der Waals surface area (Å²) in [6.45, 7) is 20.7. The number of hydrogen-bond donors (Lipinski definition) is 4. The lowest BCUT2D eigenvalue weighted by Gasteiger charge is -2.07. The average molecular weight is 831 g/mol. The second-order valence-corrected chi connectivity index (χ2v) is 15.7. The Hall–Kier alpha value is -4.15. The van der Waals surface area contributed by atoms with Gasteiger partial charge in [-0.25, -0.2) is 9.97 Å². The highest BCUT2D eigenvalue weighted by Gasteiger charge is 2.19. The number of nitrogen functional groups attached to an aromatic ring is 1. The van der Waals surface area contributed by atoms with Crippen LogP contribution >= 0.6 is 11.6 Å². The van der Waals surface area contributed by atoms with Crippen molar-refractivity contribution in [1.82, 2.24) is 25.9 Å². The largest absolute Gasteiger partial charge is 0.382 e. The Kier molecular flexibility index (Phi) is 30.2. The summed E-state index contributed by atoms with van der Waals surface area (Å²) in [5.41, 5.74) is 12.2. The van der Waals surface area contributed by atoms with Crippen LogP contribution in [0.3, 0.4) is 0 Å². The SMILES string of the molecule is CCC1CCC(C)O1.CCCCCNCc1cccc(-c2ccc(Cl)cc2)c1.CC[C@@H](C)CCNC=O.CNCc1ccccc1.Cc1ncnc(N)c1N=CC(C)C. The number of hydrogen-bond acceptors (Lipinski definition) is 8. The lowest BCUT2D eigenvalue weighted by atomic mass is 10.0. The van der Waals surface area contributed by atoms with Crippen molar-refractivity contribution in [2.45, 2.75) is 132 Å². The lowest BCUT2D eigenvalue weighted by molar-refractivity contribution is -0.109. The van der Waals surface area contributed by atoms with Crippen LogP contribution in [-0.4, -0.2) is 54.9 Å². The van der Waals surface area contributed by atoms with E-state index < -0.39 is 0 Å². The molecular weight excluding hydrogens is 754 g/mol. The van der Waals surface area contributed by atoms with Crippen molar-refractivity contribution in [3.05, 3.63) is 107 Å². The molecule has 326 valence electrons. The van der Waals surface area contributed by atoms with Gasteiger partial charge in [-0.15, -0.1) is 0 Å². The van der Waals surface area contributed by atoms with Gasteiger partial charge in [-0.3, -0.25) is 9.79 Å². The maximum absolute atomic E-state index is 9.76. The fourth-order valence-electron chi connectivity index (χ4n) is 5.68. The Balaban J connectivity index is 0.000000389. The maximum Gasteiger partial charge on any atom is 0.207 e. The number of rotatable bonds is 17. The van der Waals surface area contributed by atoms with Crippen LogP contribution in [0.2, 0.25) is 5.02 Å². The van der Waals surface area contributed by atoms with Gasteiger partial charge in [-0.05, 0) is 112 Å². The molecule has 0 saturated carbocycles. The number of benzene rings is 3. The summed E-state index contributed by atoms with van der Waals surface area (Å²) in [6, 6.07) is 27.0. The highest BCUT2D eigenvalue weighted by molar-refractivity contribution is 6.30. The molecule has 1 aromatic heterocycles. The molecule has 0 bridgehead atoms. The molecule has 4 aromatic rings. The third kappa shape index (κ3) is 25.8. The Morgan fingerprint density at radius 3 is 2.17 bits per heavy atom. The number of carbonyl (C=O) groups excluding carboxylic acids is 1. The third-order valence-electron chi connectivity index (χ3n) is 9.49. The molecule has 3 atom stereocenters. The molecule has 59 heavy (non-hydrogen) atoms. The van der Waals surface area contributed by atoms with E-state index in [0.717, 1.165) is 55.6 Å². The minimum atomic E-state index is 0.402. The van der Waals surface area contributed by atoms with E-state index in [1.807, 2.05) is 50.5 Å². The van der Waals surface area contributed by atoms with Crippen LogP contribution in [0, 0.1) is 18.8 Å². The van der Waals surface area contributed by atoms with Gasteiger partial charge in [-0.2, -0.15) is 0 Å². The molecule has 5 N–H and O–H groups in total. The molecule has 1 amide bonds. The van der Waals surface area contributed by atoms with Crippen LogP contribution in [0.15, 0.2) is 90.2 Å². The molecule has 2 unspecified atom stereocenters. The molecule has 1 aliphatic heterocycles. The first kappa shape index (κ1) is 52.9. The highest BCUT2D eigenvalue weighted by atomic mass is 35.5. The molecule has 0 aliphatic carbocycles. The van der Waals surface area contributed by atoms with Gasteiger partial charge in [0.1, 0.15) is 12.0 Å². The number of aryl methyl sites for hydroxylation is 1. The van der Waals surface area contributed by atoms with Crippen molar-refractivity contribution in [3.63, 3.8) is 0 Å². The molecular formula is C49H76ClN7O2. The fourth-order valence-corrected chi connectivity index (χ4v) is 5.81. The first-order valence-electron chi connectivity index (χ1n) is 21.6. The van der Waals surface area contributed by atoms with Crippen molar-refractivity contribution < 1.29 is 9.53 Å². The highest BCUT2D eigenvalue weighted by Crippen LogP contribution is 2.23. The van der Waals surface area contributed by atoms with Crippen LogP contribution in [0.5, 0.6) is 0 Å². The van der Waals surface area contributed by atoms with Gasteiger partial charge in [0.25, 0.3) is 0 Å². The number of carbonyl (C=O) groups is 1. The molecule has 0 radical (unpaired) electrons. The Morgan fingerprint density at radius 2 is 1.61 bits per heavy atom. The summed E-state index contributed by atoms with van der Waals surface area (Å²) < 4.78 is 5.51. The molecule has 2 heterocycles. The number of nitrogens with one attached hydrogen (secondary N) is 3. The first-order chi connectivity index (χ1) is 28.5. The number of aliphatic imine (C=N–C) groups is 1. The van der Waals surface area contributed by atoms with Gasteiger partial charge in [0.05, 0.1) is 17.9 Å². The molecule has 5 rings (SSSR count). The second-order valence-electron chi connectivity index (χ2n) is 15.3. The van der Waals surface area contributed by atoms with E-state index in [2.05, 4.69) is 128 Å². The van der Waals surface area contributed by atoms with Gasteiger partial charge in [-0.1, -0.05) is 133 Å². The number of anilines is 1. The predicted octanol–water partition coefficient (Wildman–Crippen LogP) is 11.6. The zero-order valence-electron chi connectivity index (χ0n) is 37.6. The first-order valence-corrected chi connectivity index (χ1v) is 22.0. The maximum atomic E-state index is 9.76. The van der Waals surface area contributed by atoms with Crippen molar-refractivity contribution in [2.75, 3.05) is 25.9 Å². The van der Waals surface area contributed by atoms with E-state index in [-0.39, 0.29) is 0 Å². The lowest BCUT2D eigenvalue weighted by Crippen LogP contribution is -2.14. The standard InChI is InChI=1S/C18H22ClN.C9H14N4.C8H11N.C7H15NO.C7H14O/c1-2-3-4-12-20-14-15-6-5-7-17(13-15)16-8-10-18(19)11-9-16;1-6(2)4-11-8-7(3)12-5-13-9(8)10;1-9-7-8-5-3-2-4-6-8;1-3-7(2)4-5-8-6-9;1-3-7-5-4-6(2)8-7/h5-11,13,20H,2-4,12,14H2,1H3;4-6H,1-3H3,(H2,10,12,13);2-6,9H,7H2,1H3;6-7H,3-5H2,1-2H3,(H,8,9);6-7H,3-5H2,1-2H3/t;;;7-;/m...1./s1. The number of ether oxygens (including phenoxy) is 1. The second kappa shape index (κ2) is 33.7. The van der Waals surface area contributed by atoms with Crippen LogP contribution in [-0.2, 0) is 22.6 Å². The van der Waals surface area contributed by atoms with E-state index >= 15 is 0 Å². The van der Waals surface area contributed by atoms with Crippen LogP contribution in [0.1, 0.15) is 117 Å². The van der Waals surface area contributed by atoms with Gasteiger partial charge in [0, 0.05) is 30.9 Å². The van der Waals surface area contributed by atoms with E-state index in [0.29, 0.717) is 29.6 Å². The number of nitrogens with two attached hydrogens (primary N) is 1. The minimum Gasteiger partial charge on any atom is -0.382 e. The van der Waals surface area contributed by atoms with Crippen molar-refractivity contribution in [3.8, 4) is 11.1 Å². The summed E-state index contributed by atoms with van der Waals surface area (Å²) in [6.07, 6.45) is 15.0. The number of unbranched alkanes of at least 4 members (excludes halogenated alkanes) is 2. The molecule has 1 aliphatic rings. The number of amides is 1. The topological polar surface area (TPSA) is 127 Å². The Labute approximate surface area is 362 Å². The van der Waals surface area contributed by atoms with E-state index in [9.17, 15) is 4.79 Å². The Bertz CT molecular complexity index is 1630. The molecule has 3 aromatic carbocycles. The zero-order valence-corrected chi connectivity index (χ0v) is 38.4. The van der Waals surface area contributed by atoms with E-state index in [1.54, 1.807) is 0 Å². The number of aromatic nitrogens is 2. The summed E-state index contributed by atoms with van der Waals surface area (Å²) in [5.74, 6) is 1.57. The van der Waals surface area contributed by atoms with Crippen molar-refractivity contribution in [2.24, 2.45) is 16.8 Å². The predicted molar refractivity (Wildman–Crippen MR) is 253 cm³/mol. The molecule has 10 heteroatoms. The normalized spacial score (nSPS) is 14.7. The third-order valence-corrected chi connectivity index (χ3v) is 9.74. The summed E-state index contributed by atoms with van der Waals surface area (Å²) in [4.78, 5) is 21.9. The van der Waals surface area contributed by atoms with Crippen molar-refractivity contribution >= 4 is 35.7 Å². The fraction of sp³-hybridized carbons (Fsp3) is 0.510. The van der Waals surface area contributed by atoms with Gasteiger partial charge in [0.2, 0.25) is 6.41 Å². The van der Waals surface area contributed by atoms with Crippen LogP contribution in [0.4, 0.5) is 11.5 Å². The average Bonchev–Trinajstić information content (AvgIpc) is 3.67. The van der Waals surface area contributed by atoms with Crippen LogP contribution in [0.25, 0.3) is 11.1 Å². The van der Waals surface area contributed by atoms with Crippen LogP contribution < -0.4 is 21.7 Å². The monoisotopic (exact) mass is 830 g/mol. The molecule has 1 fully saturated rings. The smallest absolute Gasteiger partial charge is 0.207 e. The summed E-state index contributed by atoms with van der Waals surface area (Å²) >= 11 is 5.93. The number of halogens is 1. The zero-order chi connectivity index (χ0) is 43.7. The minimum absolute atomic E-state index is 0.402. The van der Waals surface area contributed by atoms with Gasteiger partial charge >= 0.3 is 0 Å². The number of nitrogens with zero attached hydrogens (tertiary/aromatic N) is 3. The van der Waals surface area contributed by atoms with E-state index in [1.165, 1.54) is 73.5 Å². The van der Waals surface area contributed by atoms with Crippen molar-refractivity contribution in [1.29, 1.82) is 0 Å².